The fourth-order valence-corrected chi connectivity index (χ4v) is 0.962. The molecule has 0 amide bonds. The van der Waals surface area contributed by atoms with Crippen molar-refractivity contribution in [2.75, 3.05) is 6.54 Å². The topological polar surface area (TPSA) is 75.1 Å². The maximum absolute atomic E-state index is 10.7. The summed E-state index contributed by atoms with van der Waals surface area (Å²) in [6.45, 7) is 0.281. The summed E-state index contributed by atoms with van der Waals surface area (Å²) in [4.78, 5) is 13.3. The third-order valence-corrected chi connectivity index (χ3v) is 1.56. The number of esters is 1. The van der Waals surface area contributed by atoms with E-state index in [1.165, 1.54) is 0 Å². The number of azide groups is 1. The zero-order valence-corrected chi connectivity index (χ0v) is 5.93. The van der Waals surface area contributed by atoms with Crippen LogP contribution < -0.4 is 0 Å². The second-order valence-electron chi connectivity index (χ2n) is 2.41. The average molecular weight is 156 g/mol. The molecular weight excluding hydrogens is 146 g/mol. The van der Waals surface area contributed by atoms with Crippen molar-refractivity contribution < 1.29 is 10.9 Å². The minimum Gasteiger partial charge on any atom is -0.462 e. The van der Waals surface area contributed by atoms with Crippen LogP contribution in [0.5, 0.6) is 0 Å². The van der Waals surface area contributed by atoms with E-state index in [0.717, 1.165) is 0 Å². The van der Waals surface area contributed by atoms with Crippen LogP contribution in [0.3, 0.4) is 0 Å². The molecule has 0 aromatic carbocycles. The van der Waals surface area contributed by atoms with E-state index in [1.807, 2.05) is 0 Å². The van der Waals surface area contributed by atoms with Crippen LogP contribution in [0.15, 0.2) is 5.11 Å². The van der Waals surface area contributed by atoms with E-state index in [2.05, 4.69) is 10.0 Å². The van der Waals surface area contributed by atoms with Crippen LogP contribution in [0.25, 0.3) is 10.4 Å². The summed E-state index contributed by atoms with van der Waals surface area (Å²) in [6, 6.07) is 0. The quantitative estimate of drug-likeness (QED) is 0.261. The molecule has 1 aliphatic heterocycles. The Balaban J connectivity index is 2.51. The van der Waals surface area contributed by atoms with Crippen LogP contribution in [-0.4, -0.2) is 18.6 Å². The second-order valence-corrected chi connectivity index (χ2v) is 2.41. The molecule has 1 aliphatic rings. The standard InChI is InChI=1S/C6H9N3O2/c1-4-2-6(10)11-5(4)3-8-9-7/h4-5H,2-3H2,1H3/t4-,5+/m0/s1/i1D. The normalized spacial score (nSPS) is 30.5. The van der Waals surface area contributed by atoms with Crippen LogP contribution in [0, 0.1) is 5.92 Å². The van der Waals surface area contributed by atoms with Crippen LogP contribution in [-0.2, 0) is 9.53 Å². The predicted molar refractivity (Wildman–Crippen MR) is 37.7 cm³/mol. The highest BCUT2D eigenvalue weighted by atomic mass is 16.6. The van der Waals surface area contributed by atoms with E-state index < -0.39 is 0 Å². The number of cyclic esters (lactones) is 1. The summed E-state index contributed by atoms with van der Waals surface area (Å²) in [6.07, 6.45) is -0.110. The largest absolute Gasteiger partial charge is 0.462 e. The third-order valence-electron chi connectivity index (χ3n) is 1.56. The molecule has 0 spiro atoms. The molecule has 1 saturated heterocycles. The van der Waals surface area contributed by atoms with Crippen molar-refractivity contribution in [1.82, 2.24) is 0 Å². The number of rotatable bonds is 2. The summed E-state index contributed by atoms with van der Waals surface area (Å²) in [7, 11) is 0. The molecule has 0 bridgehead atoms. The lowest BCUT2D eigenvalue weighted by molar-refractivity contribution is -0.141. The van der Waals surface area contributed by atoms with Crippen LogP contribution in [0.2, 0.25) is 0 Å². The third kappa shape index (κ3) is 1.85. The molecule has 60 valence electrons. The summed E-state index contributed by atoms with van der Waals surface area (Å²) >= 11 is 0. The number of hydrogen-bond acceptors (Lipinski definition) is 3. The highest BCUT2D eigenvalue weighted by Gasteiger charge is 2.30. The van der Waals surface area contributed by atoms with Crippen LogP contribution >= 0.6 is 0 Å². The van der Waals surface area contributed by atoms with E-state index in [0.29, 0.717) is 0 Å². The van der Waals surface area contributed by atoms with Gasteiger partial charge in [-0.25, -0.2) is 0 Å². The number of carbonyl (C=O) groups is 1. The molecule has 0 radical (unpaired) electrons. The molecule has 11 heavy (non-hydrogen) atoms. The van der Waals surface area contributed by atoms with Gasteiger partial charge in [-0.15, -0.1) is 0 Å². The van der Waals surface area contributed by atoms with E-state index in [4.69, 9.17) is 11.6 Å². The number of ether oxygens (including phenoxy) is 1. The van der Waals surface area contributed by atoms with Crippen molar-refractivity contribution in [2.45, 2.75) is 19.4 Å². The van der Waals surface area contributed by atoms with Crippen LogP contribution in [0.1, 0.15) is 14.7 Å². The van der Waals surface area contributed by atoms with Gasteiger partial charge in [-0.3, -0.25) is 4.79 Å². The molecular formula is C6H9N3O2. The maximum Gasteiger partial charge on any atom is 0.306 e. The highest BCUT2D eigenvalue weighted by molar-refractivity contribution is 5.72. The van der Waals surface area contributed by atoms with Crippen molar-refractivity contribution in [1.29, 1.82) is 0 Å². The molecule has 1 rings (SSSR count). The van der Waals surface area contributed by atoms with Gasteiger partial charge in [0.15, 0.2) is 0 Å². The lowest BCUT2D eigenvalue weighted by Crippen LogP contribution is -2.16. The Hall–Kier alpha value is -1.22. The summed E-state index contributed by atoms with van der Waals surface area (Å²) in [5.41, 5.74) is 8.02. The predicted octanol–water partition coefficient (Wildman–Crippen LogP) is 1.25. The second kappa shape index (κ2) is 3.25. The fourth-order valence-electron chi connectivity index (χ4n) is 0.962. The molecule has 0 unspecified atom stereocenters. The summed E-state index contributed by atoms with van der Waals surface area (Å²) < 4.78 is 11.9. The summed E-state index contributed by atoms with van der Waals surface area (Å²) in [5, 5.41) is 3.31. The Morgan fingerprint density at radius 2 is 2.91 bits per heavy atom. The maximum atomic E-state index is 10.7. The van der Waals surface area contributed by atoms with Crippen molar-refractivity contribution in [3.63, 3.8) is 0 Å². The Morgan fingerprint density at radius 1 is 2.09 bits per heavy atom. The smallest absolute Gasteiger partial charge is 0.306 e. The van der Waals surface area contributed by atoms with Crippen molar-refractivity contribution in [3.05, 3.63) is 10.4 Å². The molecule has 1 heterocycles. The zero-order valence-electron chi connectivity index (χ0n) is 6.93. The molecule has 5 nitrogen and oxygen atoms in total. The van der Waals surface area contributed by atoms with Gasteiger partial charge in [-0.05, 0) is 5.53 Å². The van der Waals surface area contributed by atoms with Gasteiger partial charge in [0.05, 0.1) is 13.0 Å². The van der Waals surface area contributed by atoms with Gasteiger partial charge in [0.2, 0.25) is 0 Å². The minimum atomic E-state index is -0.383. The molecule has 2 atom stereocenters. The van der Waals surface area contributed by atoms with Gasteiger partial charge in [-0.2, -0.15) is 0 Å². The van der Waals surface area contributed by atoms with E-state index in [9.17, 15) is 4.79 Å². The number of carbonyl (C=O) groups excluding carboxylic acids is 1. The van der Waals surface area contributed by atoms with E-state index >= 15 is 0 Å². The minimum absolute atomic E-state index is 0.108. The Bertz CT molecular complexity index is 227. The van der Waals surface area contributed by atoms with Gasteiger partial charge >= 0.3 is 5.97 Å². The molecule has 0 aromatic heterocycles. The fraction of sp³-hybridized carbons (Fsp3) is 0.833. The monoisotopic (exact) mass is 156 g/mol. The molecule has 5 heteroatoms. The van der Waals surface area contributed by atoms with Gasteiger partial charge in [0, 0.05) is 12.2 Å². The molecule has 0 aliphatic carbocycles. The first-order valence-electron chi connectivity index (χ1n) is 3.98. The lowest BCUT2D eigenvalue weighted by atomic mass is 10.0. The number of nitrogens with zero attached hydrogens (tertiary/aromatic N) is 3. The molecule has 0 N–H and O–H groups in total. The first-order chi connectivity index (χ1) is 5.77. The Morgan fingerprint density at radius 3 is 3.55 bits per heavy atom. The molecule has 0 saturated carbocycles. The first kappa shape index (κ1) is 6.49. The van der Waals surface area contributed by atoms with Crippen molar-refractivity contribution >= 4 is 5.97 Å². The SMILES string of the molecule is [2H]C[C@H]1CC(=O)O[C@@H]1CN=[N+]=[N-]. The van der Waals surface area contributed by atoms with Gasteiger partial charge < -0.3 is 4.74 Å². The summed E-state index contributed by atoms with van der Waals surface area (Å²) in [5.74, 6) is -0.409. The highest BCUT2D eigenvalue weighted by Crippen LogP contribution is 2.21. The lowest BCUT2D eigenvalue weighted by Gasteiger charge is -2.08. The van der Waals surface area contributed by atoms with Gasteiger partial charge in [-0.1, -0.05) is 12.0 Å². The average Bonchev–Trinajstić information content (AvgIpc) is 2.42. The Labute approximate surface area is 65.4 Å². The van der Waals surface area contributed by atoms with Crippen molar-refractivity contribution in [2.24, 2.45) is 11.0 Å². The van der Waals surface area contributed by atoms with Crippen LogP contribution in [0.4, 0.5) is 0 Å². The van der Waals surface area contributed by atoms with Gasteiger partial charge in [0.1, 0.15) is 6.10 Å². The van der Waals surface area contributed by atoms with E-state index in [-0.39, 0.29) is 37.9 Å². The molecule has 1 fully saturated rings. The number of hydrogen-bond donors (Lipinski definition) is 0. The molecule has 0 aromatic rings. The Kier molecular flexibility index (Phi) is 1.92. The van der Waals surface area contributed by atoms with Crippen molar-refractivity contribution in [3.8, 4) is 0 Å². The van der Waals surface area contributed by atoms with E-state index in [1.54, 1.807) is 0 Å². The zero-order chi connectivity index (χ0) is 8.97. The van der Waals surface area contributed by atoms with Gasteiger partial charge in [0.25, 0.3) is 0 Å². The first-order valence-corrected chi connectivity index (χ1v) is 3.27.